The molecule has 0 aliphatic carbocycles. The summed E-state index contributed by atoms with van der Waals surface area (Å²) in [4.78, 5) is 12.5. The summed E-state index contributed by atoms with van der Waals surface area (Å²) < 4.78 is 6.09. The summed E-state index contributed by atoms with van der Waals surface area (Å²) in [5.74, 6) is -1.03. The molecule has 0 aromatic heterocycles. The average Bonchev–Trinajstić information content (AvgIpc) is 2.77. The van der Waals surface area contributed by atoms with Crippen LogP contribution in [0.15, 0.2) is 72.8 Å². The summed E-state index contributed by atoms with van der Waals surface area (Å²) >= 11 is 12.3. The van der Waals surface area contributed by atoms with Gasteiger partial charge in [-0.2, -0.15) is 0 Å². The Balaban J connectivity index is 2.06. The summed E-state index contributed by atoms with van der Waals surface area (Å²) in [7, 11) is 0. The maximum absolute atomic E-state index is 12.5. The van der Waals surface area contributed by atoms with E-state index in [0.29, 0.717) is 15.6 Å². The van der Waals surface area contributed by atoms with Gasteiger partial charge >= 0.3 is 5.97 Å². The smallest absolute Gasteiger partial charge is 0.337 e. The van der Waals surface area contributed by atoms with Crippen molar-refractivity contribution >= 4 is 39.9 Å². The molecule has 0 spiro atoms. The van der Waals surface area contributed by atoms with Crippen LogP contribution in [0.1, 0.15) is 38.0 Å². The zero-order valence-corrected chi connectivity index (χ0v) is 21.0. The molecule has 0 radical (unpaired) electrons. The lowest BCUT2D eigenvalue weighted by molar-refractivity contribution is -0.160. The first-order valence-corrected chi connectivity index (χ1v) is 11.8. The van der Waals surface area contributed by atoms with Gasteiger partial charge in [-0.25, -0.2) is 4.79 Å². The predicted octanol–water partition coefficient (Wildman–Crippen LogP) is 8.73. The molecule has 4 aromatic carbocycles. The molecule has 5 heteroatoms. The van der Waals surface area contributed by atoms with Crippen LogP contribution in [0.3, 0.4) is 0 Å². The van der Waals surface area contributed by atoms with Crippen molar-refractivity contribution < 1.29 is 14.6 Å². The second kappa shape index (κ2) is 9.42. The number of carboxylic acids is 1. The van der Waals surface area contributed by atoms with Gasteiger partial charge in [0.1, 0.15) is 0 Å². The van der Waals surface area contributed by atoms with Gasteiger partial charge in [-0.1, -0.05) is 65.7 Å². The maximum Gasteiger partial charge on any atom is 0.337 e. The summed E-state index contributed by atoms with van der Waals surface area (Å²) in [5.41, 5.74) is 4.60. The number of fused-ring (bicyclic) bond motifs is 1. The van der Waals surface area contributed by atoms with Crippen LogP contribution in [0.5, 0.6) is 0 Å². The quantitative estimate of drug-likeness (QED) is 0.302. The lowest BCUT2D eigenvalue weighted by Crippen LogP contribution is -2.28. The summed E-state index contributed by atoms with van der Waals surface area (Å²) in [6.07, 6.45) is -1.13. The number of aryl methyl sites for hydroxylation is 1. The first kappa shape index (κ1) is 24.3. The van der Waals surface area contributed by atoms with Crippen LogP contribution in [0.4, 0.5) is 0 Å². The molecule has 1 unspecified atom stereocenters. The molecule has 0 bridgehead atoms. The molecule has 0 heterocycles. The van der Waals surface area contributed by atoms with Crippen LogP contribution in [0, 0.1) is 6.92 Å². The fourth-order valence-corrected chi connectivity index (χ4v) is 4.48. The number of halogens is 2. The van der Waals surface area contributed by atoms with E-state index >= 15 is 0 Å². The monoisotopic (exact) mass is 492 g/mol. The van der Waals surface area contributed by atoms with Crippen LogP contribution in [0.25, 0.3) is 33.0 Å². The van der Waals surface area contributed by atoms with E-state index in [9.17, 15) is 9.90 Å². The second-order valence-electron chi connectivity index (χ2n) is 9.38. The first-order valence-electron chi connectivity index (χ1n) is 11.0. The Hall–Kier alpha value is -2.85. The normalized spacial score (nSPS) is 12.6. The number of benzene rings is 4. The zero-order valence-electron chi connectivity index (χ0n) is 19.5. The van der Waals surface area contributed by atoms with E-state index in [0.717, 1.165) is 38.6 Å². The fraction of sp³-hybridized carbons (Fsp3) is 0.207. The molecule has 0 saturated carbocycles. The topological polar surface area (TPSA) is 46.5 Å². The fourth-order valence-electron chi connectivity index (χ4n) is 4.23. The van der Waals surface area contributed by atoms with E-state index in [2.05, 4.69) is 18.2 Å². The van der Waals surface area contributed by atoms with E-state index in [1.54, 1.807) is 0 Å². The van der Waals surface area contributed by atoms with Gasteiger partial charge in [0.15, 0.2) is 6.10 Å². The minimum atomic E-state index is -1.13. The van der Waals surface area contributed by atoms with Gasteiger partial charge in [0.25, 0.3) is 0 Å². The van der Waals surface area contributed by atoms with E-state index < -0.39 is 17.7 Å². The van der Waals surface area contributed by atoms with Crippen molar-refractivity contribution in [2.75, 3.05) is 0 Å². The minimum absolute atomic E-state index is 0.616. The zero-order chi connectivity index (χ0) is 24.6. The molecule has 174 valence electrons. The number of aliphatic carboxylic acids is 1. The van der Waals surface area contributed by atoms with Crippen molar-refractivity contribution in [3.63, 3.8) is 0 Å². The van der Waals surface area contributed by atoms with Crippen molar-refractivity contribution in [1.29, 1.82) is 0 Å². The number of hydrogen-bond donors (Lipinski definition) is 1. The minimum Gasteiger partial charge on any atom is -0.479 e. The van der Waals surface area contributed by atoms with E-state index in [1.165, 1.54) is 0 Å². The highest BCUT2D eigenvalue weighted by Gasteiger charge is 2.31. The molecule has 0 saturated heterocycles. The van der Waals surface area contributed by atoms with Crippen LogP contribution in [0.2, 0.25) is 10.0 Å². The summed E-state index contributed by atoms with van der Waals surface area (Å²) in [5, 5.41) is 13.5. The van der Waals surface area contributed by atoms with Gasteiger partial charge in [-0.3, -0.25) is 0 Å². The number of carboxylic acid groups (broad SMARTS) is 1. The van der Waals surface area contributed by atoms with Gasteiger partial charge in [0.05, 0.1) is 5.60 Å². The van der Waals surface area contributed by atoms with E-state index in [-0.39, 0.29) is 0 Å². The Morgan fingerprint density at radius 3 is 1.88 bits per heavy atom. The lowest BCUT2D eigenvalue weighted by atomic mass is 9.86. The molecule has 34 heavy (non-hydrogen) atoms. The first-order chi connectivity index (χ1) is 16.0. The number of carbonyl (C=O) groups is 1. The molecular weight excluding hydrogens is 467 g/mol. The number of rotatable bonds is 5. The van der Waals surface area contributed by atoms with Gasteiger partial charge in [-0.15, -0.1) is 0 Å². The molecular formula is C29H26Cl2O3. The van der Waals surface area contributed by atoms with Gasteiger partial charge in [0.2, 0.25) is 0 Å². The van der Waals surface area contributed by atoms with E-state index in [1.807, 2.05) is 82.3 Å². The van der Waals surface area contributed by atoms with Crippen LogP contribution < -0.4 is 0 Å². The van der Waals surface area contributed by atoms with Crippen LogP contribution in [-0.2, 0) is 9.53 Å². The average molecular weight is 493 g/mol. The number of ether oxygens (including phenoxy) is 1. The third-order valence-corrected chi connectivity index (χ3v) is 6.16. The Kier molecular flexibility index (Phi) is 6.73. The maximum atomic E-state index is 12.5. The Morgan fingerprint density at radius 1 is 0.824 bits per heavy atom. The molecule has 0 fully saturated rings. The third kappa shape index (κ3) is 5.12. The lowest BCUT2D eigenvalue weighted by Gasteiger charge is -2.28. The molecule has 0 amide bonds. The molecule has 0 aliphatic heterocycles. The van der Waals surface area contributed by atoms with Crippen LogP contribution >= 0.6 is 23.2 Å². The third-order valence-electron chi connectivity index (χ3n) is 5.66. The molecule has 4 rings (SSSR count). The Labute approximate surface area is 209 Å². The predicted molar refractivity (Wildman–Crippen MR) is 141 cm³/mol. The highest BCUT2D eigenvalue weighted by Crippen LogP contribution is 2.42. The number of hydrogen-bond acceptors (Lipinski definition) is 2. The van der Waals surface area contributed by atoms with Crippen molar-refractivity contribution in [3.8, 4) is 22.3 Å². The molecule has 4 aromatic rings. The Bertz CT molecular complexity index is 1350. The molecule has 3 nitrogen and oxygen atoms in total. The van der Waals surface area contributed by atoms with Gasteiger partial charge < -0.3 is 9.84 Å². The highest BCUT2D eigenvalue weighted by atomic mass is 35.5. The highest BCUT2D eigenvalue weighted by molar-refractivity contribution is 6.31. The van der Waals surface area contributed by atoms with Crippen molar-refractivity contribution in [2.45, 2.75) is 39.4 Å². The molecule has 1 atom stereocenters. The second-order valence-corrected chi connectivity index (χ2v) is 10.3. The van der Waals surface area contributed by atoms with Gasteiger partial charge in [0, 0.05) is 15.6 Å². The summed E-state index contributed by atoms with van der Waals surface area (Å²) in [6.45, 7) is 7.52. The summed E-state index contributed by atoms with van der Waals surface area (Å²) in [6, 6.07) is 23.4. The van der Waals surface area contributed by atoms with E-state index in [4.69, 9.17) is 27.9 Å². The van der Waals surface area contributed by atoms with Crippen molar-refractivity contribution in [2.24, 2.45) is 0 Å². The largest absolute Gasteiger partial charge is 0.479 e. The van der Waals surface area contributed by atoms with Gasteiger partial charge in [-0.05, 0) is 96.6 Å². The van der Waals surface area contributed by atoms with Crippen molar-refractivity contribution in [3.05, 3.63) is 94.0 Å². The molecule has 0 aliphatic rings. The molecule has 1 N–H and O–H groups in total. The Morgan fingerprint density at radius 2 is 1.35 bits per heavy atom. The van der Waals surface area contributed by atoms with Crippen LogP contribution in [-0.4, -0.2) is 16.7 Å². The van der Waals surface area contributed by atoms with Crippen molar-refractivity contribution in [1.82, 2.24) is 0 Å². The SMILES string of the molecule is Cc1cc2ccc(-c3ccc(Cl)cc3)cc2c(-c2ccc(Cl)cc2)c1C(OC(C)(C)C)C(=O)O. The standard InChI is InChI=1S/C29H26Cl2O3/c1-17-15-21-6-5-20(18-7-11-22(30)12-8-18)16-24(21)26(19-9-13-23(31)14-10-19)25(17)27(28(32)33)34-29(2,3)4/h5-16,27H,1-4H3,(H,32,33).